The molecule has 0 saturated heterocycles. The minimum absolute atomic E-state index is 0.0479. The standard InChI is InChI=1S/C75H128NO8P/c1-3-5-7-9-11-13-15-17-19-21-23-25-27-28-29-30-31-32-33-34-35-36-37-38-39-40-41-42-43-44-46-48-50-52-54-56-58-60-62-64-66-68-75(78)84-73(72-83-85(79,80)82-70-69-76)71-81-74(77)67-65-63-61-59-57-55-53-51-49-47-45-26-24-22-20-18-16-14-12-10-8-6-4-2/h5,7,11,13,16-19,22-25,28-29,31-32,34-35,37-38,45,47,73H,3-4,6,8-10,12,14-15,20-21,26-27,30,33,36,39-44,46,48-72,76H2,1-2H3,(H,79,80)/b7-5-,13-11-,18-16-,19-17-,24-22-,25-23-,29-28-,32-31-,35-34-,38-37-,47-45-. The Balaban J connectivity index is 3.89. The van der Waals surface area contributed by atoms with Crippen molar-refractivity contribution in [2.24, 2.45) is 5.73 Å². The van der Waals surface area contributed by atoms with Gasteiger partial charge in [-0.1, -0.05) is 302 Å². The summed E-state index contributed by atoms with van der Waals surface area (Å²) in [5.41, 5.74) is 5.40. The fourth-order valence-electron chi connectivity index (χ4n) is 9.43. The lowest BCUT2D eigenvalue weighted by molar-refractivity contribution is -0.161. The molecule has 0 bridgehead atoms. The van der Waals surface area contributed by atoms with Crippen molar-refractivity contribution < 1.29 is 37.6 Å². The van der Waals surface area contributed by atoms with Gasteiger partial charge in [-0.3, -0.25) is 18.6 Å². The molecule has 0 saturated carbocycles. The van der Waals surface area contributed by atoms with Crippen molar-refractivity contribution in [3.63, 3.8) is 0 Å². The van der Waals surface area contributed by atoms with Crippen LogP contribution in [0.3, 0.4) is 0 Å². The molecule has 2 atom stereocenters. The van der Waals surface area contributed by atoms with Crippen molar-refractivity contribution in [1.82, 2.24) is 0 Å². The largest absolute Gasteiger partial charge is 0.472 e. The van der Waals surface area contributed by atoms with Crippen LogP contribution < -0.4 is 5.73 Å². The molecule has 0 aliphatic carbocycles. The van der Waals surface area contributed by atoms with Crippen molar-refractivity contribution in [3.8, 4) is 0 Å². The molecule has 0 amide bonds. The van der Waals surface area contributed by atoms with Gasteiger partial charge in [0.1, 0.15) is 6.61 Å². The molecule has 10 heteroatoms. The van der Waals surface area contributed by atoms with Crippen LogP contribution in [0, 0.1) is 0 Å². The molecule has 85 heavy (non-hydrogen) atoms. The van der Waals surface area contributed by atoms with Gasteiger partial charge in [0.25, 0.3) is 0 Å². The molecule has 9 nitrogen and oxygen atoms in total. The van der Waals surface area contributed by atoms with Gasteiger partial charge in [0.05, 0.1) is 13.2 Å². The molecular weight excluding hydrogens is 1070 g/mol. The second-order valence-electron chi connectivity index (χ2n) is 22.7. The van der Waals surface area contributed by atoms with Crippen molar-refractivity contribution in [3.05, 3.63) is 134 Å². The average molecular weight is 1200 g/mol. The third-order valence-electron chi connectivity index (χ3n) is 14.5. The lowest BCUT2D eigenvalue weighted by atomic mass is 10.0. The van der Waals surface area contributed by atoms with E-state index in [1.54, 1.807) is 0 Å². The van der Waals surface area contributed by atoms with Gasteiger partial charge < -0.3 is 20.1 Å². The van der Waals surface area contributed by atoms with Crippen LogP contribution in [0.15, 0.2) is 134 Å². The molecule has 0 aromatic rings. The van der Waals surface area contributed by atoms with Gasteiger partial charge in [0.15, 0.2) is 6.10 Å². The molecule has 3 N–H and O–H groups in total. The highest BCUT2D eigenvalue weighted by atomic mass is 31.2. The van der Waals surface area contributed by atoms with Crippen molar-refractivity contribution in [1.29, 1.82) is 0 Å². The van der Waals surface area contributed by atoms with Gasteiger partial charge in [-0.25, -0.2) is 4.57 Å². The van der Waals surface area contributed by atoms with E-state index in [9.17, 15) is 19.0 Å². The van der Waals surface area contributed by atoms with Crippen LogP contribution in [0.4, 0.5) is 0 Å². The molecule has 0 aromatic heterocycles. The predicted octanol–water partition coefficient (Wildman–Crippen LogP) is 22.9. The fourth-order valence-corrected chi connectivity index (χ4v) is 10.2. The summed E-state index contributed by atoms with van der Waals surface area (Å²) in [4.78, 5) is 35.3. The number of hydrogen-bond donors (Lipinski definition) is 2. The first kappa shape index (κ1) is 81.2. The minimum atomic E-state index is -4.40. The van der Waals surface area contributed by atoms with Gasteiger partial charge in [0, 0.05) is 19.4 Å². The SMILES string of the molecule is CC/C=C\C/C=C\C/C=C\C/C=C\C/C=C\C/C=C\C/C=C\C/C=C\CCCCCCCCCCCCCCCCCCC(=O)OC(COC(=O)CCCCCCCCCC/C=C\C/C=C\C/C=C\CCCCCCC)COP(=O)(O)OCCN. The van der Waals surface area contributed by atoms with E-state index in [1.807, 2.05) is 0 Å². The second-order valence-corrected chi connectivity index (χ2v) is 24.1. The Kier molecular flexibility index (Phi) is 66.1. The topological polar surface area (TPSA) is 134 Å². The first-order valence-corrected chi connectivity index (χ1v) is 36.2. The molecule has 0 aliphatic rings. The van der Waals surface area contributed by atoms with Crippen molar-refractivity contribution in [2.45, 2.75) is 302 Å². The van der Waals surface area contributed by atoms with Crippen LogP contribution in [0.1, 0.15) is 296 Å². The third-order valence-corrected chi connectivity index (χ3v) is 15.5. The Morgan fingerprint density at radius 2 is 0.647 bits per heavy atom. The second kappa shape index (κ2) is 69.3. The molecule has 0 spiro atoms. The lowest BCUT2D eigenvalue weighted by Crippen LogP contribution is -2.29. The van der Waals surface area contributed by atoms with Gasteiger partial charge >= 0.3 is 19.8 Å². The van der Waals surface area contributed by atoms with Crippen molar-refractivity contribution in [2.75, 3.05) is 26.4 Å². The molecule has 486 valence electrons. The number of carbonyl (C=O) groups is 2. The number of phosphoric acid groups is 1. The van der Waals surface area contributed by atoms with E-state index in [2.05, 4.69) is 148 Å². The molecule has 0 aliphatic heterocycles. The maximum atomic E-state index is 12.8. The van der Waals surface area contributed by atoms with E-state index in [4.69, 9.17) is 24.3 Å². The zero-order chi connectivity index (χ0) is 61.6. The highest BCUT2D eigenvalue weighted by Crippen LogP contribution is 2.43. The molecule has 0 radical (unpaired) electrons. The number of ether oxygens (including phenoxy) is 2. The zero-order valence-electron chi connectivity index (χ0n) is 54.5. The summed E-state index contributed by atoms with van der Waals surface area (Å²) in [6.07, 6.45) is 98.2. The summed E-state index contributed by atoms with van der Waals surface area (Å²) < 4.78 is 33.1. The fraction of sp³-hybridized carbons (Fsp3) is 0.680. The van der Waals surface area contributed by atoms with Crippen LogP contribution >= 0.6 is 7.82 Å². The Hall–Kier alpha value is -3.85. The van der Waals surface area contributed by atoms with Gasteiger partial charge in [-0.2, -0.15) is 0 Å². The smallest absolute Gasteiger partial charge is 0.462 e. The van der Waals surface area contributed by atoms with Crippen LogP contribution in [-0.2, 0) is 32.7 Å². The number of carbonyl (C=O) groups excluding carboxylic acids is 2. The van der Waals surface area contributed by atoms with Gasteiger partial charge in [-0.05, 0) is 116 Å². The minimum Gasteiger partial charge on any atom is -0.462 e. The normalized spacial score (nSPS) is 13.8. The summed E-state index contributed by atoms with van der Waals surface area (Å²) in [5.74, 6) is -0.834. The highest BCUT2D eigenvalue weighted by molar-refractivity contribution is 7.47. The maximum Gasteiger partial charge on any atom is 0.472 e. The van der Waals surface area contributed by atoms with Crippen molar-refractivity contribution >= 4 is 19.8 Å². The van der Waals surface area contributed by atoms with E-state index in [-0.39, 0.29) is 38.6 Å². The molecule has 0 aromatic carbocycles. The van der Waals surface area contributed by atoms with E-state index in [0.29, 0.717) is 6.42 Å². The Labute approximate surface area is 523 Å². The molecule has 2 unspecified atom stereocenters. The number of hydrogen-bond acceptors (Lipinski definition) is 8. The first-order chi connectivity index (χ1) is 41.8. The highest BCUT2D eigenvalue weighted by Gasteiger charge is 2.26. The van der Waals surface area contributed by atoms with E-state index < -0.39 is 26.5 Å². The van der Waals surface area contributed by atoms with Crippen LogP contribution in [-0.4, -0.2) is 49.3 Å². The summed E-state index contributed by atoms with van der Waals surface area (Å²) in [6, 6.07) is 0. The van der Waals surface area contributed by atoms with E-state index >= 15 is 0 Å². The van der Waals surface area contributed by atoms with Gasteiger partial charge in [-0.15, -0.1) is 0 Å². The van der Waals surface area contributed by atoms with Crippen LogP contribution in [0.5, 0.6) is 0 Å². The van der Waals surface area contributed by atoms with Crippen LogP contribution in [0.25, 0.3) is 0 Å². The number of phosphoric ester groups is 1. The number of esters is 2. The first-order valence-electron chi connectivity index (χ1n) is 34.7. The number of nitrogens with two attached hydrogens (primary N) is 1. The molecule has 0 heterocycles. The van der Waals surface area contributed by atoms with E-state index in [0.717, 1.165) is 116 Å². The summed E-state index contributed by atoms with van der Waals surface area (Å²) in [7, 11) is -4.40. The van der Waals surface area contributed by atoms with Gasteiger partial charge in [0.2, 0.25) is 0 Å². The quantitative estimate of drug-likeness (QED) is 0.0264. The van der Waals surface area contributed by atoms with Crippen LogP contribution in [0.2, 0.25) is 0 Å². The maximum absolute atomic E-state index is 12.8. The van der Waals surface area contributed by atoms with E-state index in [1.165, 1.54) is 148 Å². The Bertz CT molecular complexity index is 1860. The summed E-state index contributed by atoms with van der Waals surface area (Å²) in [6.45, 7) is 3.62. The number of unbranched alkanes of at least 4 members (excludes halogenated alkanes) is 29. The predicted molar refractivity (Wildman–Crippen MR) is 367 cm³/mol. The molecular formula is C75H128NO8P. The summed E-state index contributed by atoms with van der Waals surface area (Å²) >= 11 is 0. The number of rotatable bonds is 64. The molecule has 0 fully saturated rings. The number of allylic oxidation sites excluding steroid dienone is 22. The average Bonchev–Trinajstić information content (AvgIpc) is 3.52. The lowest BCUT2D eigenvalue weighted by Gasteiger charge is -2.19. The Morgan fingerprint density at radius 1 is 0.365 bits per heavy atom. The monoisotopic (exact) mass is 1200 g/mol. The molecule has 0 rings (SSSR count). The summed E-state index contributed by atoms with van der Waals surface area (Å²) in [5, 5.41) is 0. The third kappa shape index (κ3) is 69.1. The Morgan fingerprint density at radius 3 is 0.965 bits per heavy atom. The zero-order valence-corrected chi connectivity index (χ0v) is 55.4.